The Labute approximate surface area is 136 Å². The first-order valence-corrected chi connectivity index (χ1v) is 8.84. The molecule has 1 atom stereocenters. The van der Waals surface area contributed by atoms with Crippen LogP contribution in [-0.4, -0.2) is 42.8 Å². The fourth-order valence-electron chi connectivity index (χ4n) is 3.03. The quantitative estimate of drug-likeness (QED) is 0.789. The van der Waals surface area contributed by atoms with Gasteiger partial charge in [0.1, 0.15) is 0 Å². The number of nitrogens with one attached hydrogen (secondary N) is 1. The van der Waals surface area contributed by atoms with Crippen LogP contribution in [0.15, 0.2) is 28.7 Å². The number of nitrogens with zero attached hydrogens (tertiary/aromatic N) is 1. The second-order valence-electron chi connectivity index (χ2n) is 5.92. The molecule has 0 spiro atoms. The molecule has 1 aliphatic rings. The lowest BCUT2D eigenvalue weighted by Crippen LogP contribution is -2.37. The number of piperidine rings is 1. The van der Waals surface area contributed by atoms with Gasteiger partial charge in [-0.15, -0.1) is 0 Å². The van der Waals surface area contributed by atoms with Gasteiger partial charge in [-0.25, -0.2) is 0 Å². The summed E-state index contributed by atoms with van der Waals surface area (Å²) in [5.74, 6) is 0.525. The summed E-state index contributed by atoms with van der Waals surface area (Å²) in [5.41, 5.74) is 1.37. The Morgan fingerprint density at radius 1 is 1.29 bits per heavy atom. The van der Waals surface area contributed by atoms with Crippen molar-refractivity contribution in [3.63, 3.8) is 0 Å². The van der Waals surface area contributed by atoms with Crippen LogP contribution >= 0.6 is 15.9 Å². The SMILES string of the molecule is CCNC(CCN1CCC(CO)CC1)c1ccc(Br)cc1. The summed E-state index contributed by atoms with van der Waals surface area (Å²) >= 11 is 3.50. The van der Waals surface area contributed by atoms with E-state index in [0.29, 0.717) is 18.6 Å². The minimum atomic E-state index is 0.354. The predicted molar refractivity (Wildman–Crippen MR) is 91.4 cm³/mol. The van der Waals surface area contributed by atoms with Gasteiger partial charge in [0.05, 0.1) is 0 Å². The van der Waals surface area contributed by atoms with E-state index >= 15 is 0 Å². The van der Waals surface area contributed by atoms with Gasteiger partial charge in [-0.05, 0) is 69.1 Å². The average molecular weight is 355 g/mol. The molecule has 1 aromatic carbocycles. The Balaban J connectivity index is 1.84. The lowest BCUT2D eigenvalue weighted by molar-refractivity contribution is 0.128. The fourth-order valence-corrected chi connectivity index (χ4v) is 3.30. The maximum absolute atomic E-state index is 9.20. The third-order valence-electron chi connectivity index (χ3n) is 4.42. The number of halogens is 1. The summed E-state index contributed by atoms with van der Waals surface area (Å²) in [4.78, 5) is 2.54. The van der Waals surface area contributed by atoms with E-state index in [1.807, 2.05) is 0 Å². The lowest BCUT2D eigenvalue weighted by Gasteiger charge is -2.32. The molecule has 0 amide bonds. The number of hydrogen-bond acceptors (Lipinski definition) is 3. The molecule has 2 rings (SSSR count). The van der Waals surface area contributed by atoms with Crippen molar-refractivity contribution in [2.45, 2.75) is 32.2 Å². The van der Waals surface area contributed by atoms with Crippen molar-refractivity contribution in [3.8, 4) is 0 Å². The highest BCUT2D eigenvalue weighted by molar-refractivity contribution is 9.10. The molecule has 118 valence electrons. The van der Waals surface area contributed by atoms with E-state index < -0.39 is 0 Å². The van der Waals surface area contributed by atoms with E-state index in [1.165, 1.54) is 5.56 Å². The van der Waals surface area contributed by atoms with Crippen LogP contribution in [0.25, 0.3) is 0 Å². The van der Waals surface area contributed by atoms with Crippen molar-refractivity contribution in [2.24, 2.45) is 5.92 Å². The number of hydrogen-bond donors (Lipinski definition) is 2. The third-order valence-corrected chi connectivity index (χ3v) is 4.95. The molecule has 1 heterocycles. The molecule has 0 radical (unpaired) electrons. The van der Waals surface area contributed by atoms with Gasteiger partial charge in [0, 0.05) is 17.1 Å². The fraction of sp³-hybridized carbons (Fsp3) is 0.647. The molecule has 1 saturated heterocycles. The van der Waals surface area contributed by atoms with Crippen LogP contribution < -0.4 is 5.32 Å². The van der Waals surface area contributed by atoms with Gasteiger partial charge >= 0.3 is 0 Å². The standard InChI is InChI=1S/C17H27BrN2O/c1-2-19-17(15-3-5-16(18)6-4-15)9-12-20-10-7-14(13-21)8-11-20/h3-6,14,17,19,21H,2,7-13H2,1H3. The number of rotatable bonds is 7. The van der Waals surface area contributed by atoms with Gasteiger partial charge in [-0.2, -0.15) is 0 Å². The molecule has 1 fully saturated rings. The molecule has 1 aliphatic heterocycles. The zero-order valence-corrected chi connectivity index (χ0v) is 14.5. The zero-order chi connectivity index (χ0) is 15.1. The van der Waals surface area contributed by atoms with Crippen molar-refractivity contribution in [1.82, 2.24) is 10.2 Å². The summed E-state index contributed by atoms with van der Waals surface area (Å²) in [6, 6.07) is 9.07. The van der Waals surface area contributed by atoms with E-state index in [2.05, 4.69) is 57.3 Å². The van der Waals surface area contributed by atoms with Crippen LogP contribution in [0.3, 0.4) is 0 Å². The number of likely N-dealkylation sites (tertiary alicyclic amines) is 1. The molecule has 3 nitrogen and oxygen atoms in total. The van der Waals surface area contributed by atoms with Crippen LogP contribution in [0.5, 0.6) is 0 Å². The van der Waals surface area contributed by atoms with Crippen LogP contribution in [0, 0.1) is 5.92 Å². The molecule has 2 N–H and O–H groups in total. The number of aliphatic hydroxyl groups excluding tert-OH is 1. The maximum Gasteiger partial charge on any atom is 0.0460 e. The molecular weight excluding hydrogens is 328 g/mol. The predicted octanol–water partition coefficient (Wildman–Crippen LogP) is 3.19. The molecule has 0 saturated carbocycles. The van der Waals surface area contributed by atoms with Crippen molar-refractivity contribution in [2.75, 3.05) is 32.8 Å². The Morgan fingerprint density at radius 3 is 2.52 bits per heavy atom. The Bertz CT molecular complexity index is 402. The van der Waals surface area contributed by atoms with Gasteiger partial charge in [-0.1, -0.05) is 35.0 Å². The van der Waals surface area contributed by atoms with E-state index in [4.69, 9.17) is 0 Å². The minimum Gasteiger partial charge on any atom is -0.396 e. The molecule has 4 heteroatoms. The van der Waals surface area contributed by atoms with Gasteiger partial charge in [0.15, 0.2) is 0 Å². The first-order valence-electron chi connectivity index (χ1n) is 8.05. The summed E-state index contributed by atoms with van der Waals surface area (Å²) < 4.78 is 1.13. The van der Waals surface area contributed by atoms with Gasteiger partial charge in [0.25, 0.3) is 0 Å². The van der Waals surface area contributed by atoms with E-state index in [-0.39, 0.29) is 0 Å². The average Bonchev–Trinajstić information content (AvgIpc) is 2.53. The second kappa shape index (κ2) is 8.89. The van der Waals surface area contributed by atoms with Crippen LogP contribution in [-0.2, 0) is 0 Å². The molecule has 1 unspecified atom stereocenters. The third kappa shape index (κ3) is 5.37. The highest BCUT2D eigenvalue weighted by Gasteiger charge is 2.19. The first kappa shape index (κ1) is 16.9. The van der Waals surface area contributed by atoms with Crippen LogP contribution in [0.4, 0.5) is 0 Å². The molecule has 0 bridgehead atoms. The van der Waals surface area contributed by atoms with Crippen molar-refractivity contribution >= 4 is 15.9 Å². The Morgan fingerprint density at radius 2 is 1.95 bits per heavy atom. The smallest absolute Gasteiger partial charge is 0.0460 e. The summed E-state index contributed by atoms with van der Waals surface area (Å²) in [5, 5.41) is 12.8. The largest absolute Gasteiger partial charge is 0.396 e. The molecular formula is C17H27BrN2O. The molecule has 0 aliphatic carbocycles. The minimum absolute atomic E-state index is 0.354. The normalized spacial score (nSPS) is 18.8. The highest BCUT2D eigenvalue weighted by atomic mass is 79.9. The number of benzene rings is 1. The van der Waals surface area contributed by atoms with Crippen LogP contribution in [0.2, 0.25) is 0 Å². The molecule has 1 aromatic rings. The first-order chi connectivity index (χ1) is 10.2. The van der Waals surface area contributed by atoms with E-state index in [9.17, 15) is 5.11 Å². The highest BCUT2D eigenvalue weighted by Crippen LogP contribution is 2.22. The molecule has 21 heavy (non-hydrogen) atoms. The molecule has 0 aromatic heterocycles. The van der Waals surface area contributed by atoms with E-state index in [1.54, 1.807) is 0 Å². The summed E-state index contributed by atoms with van der Waals surface area (Å²) in [6.07, 6.45) is 3.42. The van der Waals surface area contributed by atoms with Crippen molar-refractivity contribution < 1.29 is 5.11 Å². The Kier molecular flexibility index (Phi) is 7.17. The number of aliphatic hydroxyl groups is 1. The van der Waals surface area contributed by atoms with Gasteiger partial charge in [0.2, 0.25) is 0 Å². The summed E-state index contributed by atoms with van der Waals surface area (Å²) in [7, 11) is 0. The Hall–Kier alpha value is -0.420. The summed E-state index contributed by atoms with van der Waals surface area (Å²) in [6.45, 7) is 6.90. The maximum atomic E-state index is 9.20. The van der Waals surface area contributed by atoms with Crippen molar-refractivity contribution in [1.29, 1.82) is 0 Å². The topological polar surface area (TPSA) is 35.5 Å². The van der Waals surface area contributed by atoms with Crippen LogP contribution in [0.1, 0.15) is 37.8 Å². The van der Waals surface area contributed by atoms with Crippen molar-refractivity contribution in [3.05, 3.63) is 34.3 Å². The van der Waals surface area contributed by atoms with Gasteiger partial charge in [-0.3, -0.25) is 0 Å². The zero-order valence-electron chi connectivity index (χ0n) is 12.9. The lowest BCUT2D eigenvalue weighted by atomic mass is 9.97. The van der Waals surface area contributed by atoms with Gasteiger partial charge < -0.3 is 15.3 Å². The second-order valence-corrected chi connectivity index (χ2v) is 6.83. The van der Waals surface area contributed by atoms with E-state index in [0.717, 1.165) is 49.9 Å². The monoisotopic (exact) mass is 354 g/mol.